The lowest BCUT2D eigenvalue weighted by molar-refractivity contribution is -0.0741. The average Bonchev–Trinajstić information content (AvgIpc) is 3.35. The number of nitrogens with zero attached hydrogens (tertiary/aromatic N) is 8. The van der Waals surface area contributed by atoms with E-state index in [0.717, 1.165) is 78.5 Å². The quantitative estimate of drug-likeness (QED) is 0.383. The van der Waals surface area contributed by atoms with Crippen LogP contribution in [0.5, 0.6) is 0 Å². The molecule has 8 heteroatoms. The Morgan fingerprint density at radius 3 is 2.39 bits per heavy atom. The summed E-state index contributed by atoms with van der Waals surface area (Å²) in [6.45, 7) is 9.22. The van der Waals surface area contributed by atoms with E-state index < -0.39 is 0 Å². The fraction of sp³-hybridized carbons (Fsp3) is 0.758. The molecule has 8 nitrogen and oxygen atoms in total. The summed E-state index contributed by atoms with van der Waals surface area (Å²) in [6, 6.07) is 2.65. The first kappa shape index (κ1) is 26.2. The molecule has 5 aliphatic rings. The van der Waals surface area contributed by atoms with E-state index in [1.165, 1.54) is 94.0 Å². The van der Waals surface area contributed by atoms with E-state index in [1.54, 1.807) is 0 Å². The van der Waals surface area contributed by atoms with Crippen LogP contribution in [0.25, 0.3) is 11.0 Å². The fourth-order valence-corrected chi connectivity index (χ4v) is 9.51. The van der Waals surface area contributed by atoms with Crippen molar-refractivity contribution in [3.05, 3.63) is 28.5 Å². The molecule has 2 bridgehead atoms. The highest BCUT2D eigenvalue weighted by atomic mass is 15.3. The summed E-state index contributed by atoms with van der Waals surface area (Å²) in [5.74, 6) is 2.73. The van der Waals surface area contributed by atoms with Crippen LogP contribution in [0.1, 0.15) is 106 Å². The molecule has 220 valence electrons. The van der Waals surface area contributed by atoms with E-state index in [1.807, 2.05) is 25.6 Å². The van der Waals surface area contributed by atoms with Gasteiger partial charge in [-0.15, -0.1) is 0 Å². The summed E-state index contributed by atoms with van der Waals surface area (Å²) >= 11 is 0. The topological polar surface area (TPSA) is 67.9 Å². The number of hydrogen-bond acceptors (Lipinski definition) is 6. The lowest BCUT2D eigenvalue weighted by Gasteiger charge is -2.57. The van der Waals surface area contributed by atoms with Crippen LogP contribution in [0.3, 0.4) is 0 Å². The Kier molecular flexibility index (Phi) is 6.24. The van der Waals surface area contributed by atoms with E-state index in [2.05, 4.69) is 26.5 Å². The molecule has 0 aromatic carbocycles. The summed E-state index contributed by atoms with van der Waals surface area (Å²) in [7, 11) is 2.01. The molecule has 3 aromatic rings. The average molecular weight is 557 g/mol. The van der Waals surface area contributed by atoms with Gasteiger partial charge < -0.3 is 4.90 Å². The highest BCUT2D eigenvalue weighted by Gasteiger charge is 2.49. The first-order valence-electron chi connectivity index (χ1n) is 16.6. The number of aryl methyl sites for hydroxylation is 4. The molecule has 3 unspecified atom stereocenters. The van der Waals surface area contributed by atoms with Gasteiger partial charge in [-0.3, -0.25) is 14.3 Å². The molecule has 0 saturated heterocycles. The smallest absolute Gasteiger partial charge is 0.158 e. The van der Waals surface area contributed by atoms with Crippen LogP contribution in [-0.2, 0) is 26.6 Å². The van der Waals surface area contributed by atoms with Crippen LogP contribution >= 0.6 is 0 Å². The largest absolute Gasteiger partial charge is 0.350 e. The number of fused-ring (bicyclic) bond motifs is 4. The molecule has 3 atom stereocenters. The van der Waals surface area contributed by atoms with Gasteiger partial charge in [0.25, 0.3) is 0 Å². The third kappa shape index (κ3) is 4.25. The summed E-state index contributed by atoms with van der Waals surface area (Å²) in [6.07, 6.45) is 18.3. The molecule has 4 fully saturated rings. The van der Waals surface area contributed by atoms with Gasteiger partial charge in [-0.2, -0.15) is 10.2 Å². The van der Waals surface area contributed by atoms with Gasteiger partial charge in [-0.05, 0) is 89.9 Å². The summed E-state index contributed by atoms with van der Waals surface area (Å²) in [5.41, 5.74) is 7.52. The van der Waals surface area contributed by atoms with Gasteiger partial charge >= 0.3 is 0 Å². The van der Waals surface area contributed by atoms with Gasteiger partial charge in [0.15, 0.2) is 5.82 Å². The highest BCUT2D eigenvalue weighted by molar-refractivity contribution is 5.88. The van der Waals surface area contributed by atoms with Crippen molar-refractivity contribution in [1.82, 2.24) is 34.4 Å². The Balaban J connectivity index is 1.03. The normalized spacial score (nSPS) is 28.7. The van der Waals surface area contributed by atoms with E-state index in [4.69, 9.17) is 15.1 Å². The second-order valence-electron chi connectivity index (χ2n) is 14.4. The van der Waals surface area contributed by atoms with Crippen LogP contribution < -0.4 is 4.90 Å². The maximum atomic E-state index is 5.24. The van der Waals surface area contributed by atoms with Crippen LogP contribution in [0.4, 0.5) is 5.82 Å². The molecule has 0 amide bonds. The van der Waals surface area contributed by atoms with Gasteiger partial charge in [0.05, 0.1) is 11.4 Å². The summed E-state index contributed by atoms with van der Waals surface area (Å²) < 4.78 is 4.42. The van der Waals surface area contributed by atoms with Crippen molar-refractivity contribution < 1.29 is 0 Å². The van der Waals surface area contributed by atoms with Crippen molar-refractivity contribution >= 4 is 16.9 Å². The van der Waals surface area contributed by atoms with Crippen LogP contribution in [0.15, 0.2) is 0 Å². The van der Waals surface area contributed by atoms with Gasteiger partial charge in [0.1, 0.15) is 16.9 Å². The summed E-state index contributed by atoms with van der Waals surface area (Å²) in [5, 5.41) is 9.91. The van der Waals surface area contributed by atoms with Crippen molar-refractivity contribution in [3.63, 3.8) is 0 Å². The maximum absolute atomic E-state index is 5.24. The van der Waals surface area contributed by atoms with Crippen molar-refractivity contribution in [3.8, 4) is 0 Å². The molecule has 0 N–H and O–H groups in total. The van der Waals surface area contributed by atoms with E-state index in [-0.39, 0.29) is 0 Å². The molecule has 8 rings (SSSR count). The van der Waals surface area contributed by atoms with Crippen molar-refractivity contribution in [2.75, 3.05) is 11.4 Å². The minimum absolute atomic E-state index is 0.440. The standard InChI is InChI=1S/C33H48N8/c1-21-27-19-39(32-31-30(34-23(3)35-32)22(2)36-38(31)4)17-14-29(27)40(37-21)20-33-15-7-8-24(18-33)28(13-16-33)41(25-9-5-10-25)26-11-6-12-26/h24-26,28H,5-20H2,1-4H3. The van der Waals surface area contributed by atoms with E-state index >= 15 is 0 Å². The van der Waals surface area contributed by atoms with E-state index in [0.29, 0.717) is 5.41 Å². The first-order valence-corrected chi connectivity index (χ1v) is 16.6. The summed E-state index contributed by atoms with van der Waals surface area (Å²) in [4.78, 5) is 15.2. The third-order valence-electron chi connectivity index (χ3n) is 11.9. The monoisotopic (exact) mass is 556 g/mol. The third-order valence-corrected chi connectivity index (χ3v) is 11.9. The van der Waals surface area contributed by atoms with Crippen LogP contribution in [0.2, 0.25) is 0 Å². The molecular formula is C33H48N8. The van der Waals surface area contributed by atoms with Crippen molar-refractivity contribution in [1.29, 1.82) is 0 Å². The lowest BCUT2D eigenvalue weighted by Crippen LogP contribution is -2.59. The minimum Gasteiger partial charge on any atom is -0.350 e. The molecule has 4 heterocycles. The molecule has 4 aliphatic carbocycles. The van der Waals surface area contributed by atoms with E-state index in [9.17, 15) is 0 Å². The van der Waals surface area contributed by atoms with Crippen LogP contribution in [-0.4, -0.2) is 59.1 Å². The number of aromatic nitrogens is 6. The predicted molar refractivity (Wildman–Crippen MR) is 162 cm³/mol. The van der Waals surface area contributed by atoms with Gasteiger partial charge in [0.2, 0.25) is 0 Å². The second-order valence-corrected chi connectivity index (χ2v) is 14.4. The predicted octanol–water partition coefficient (Wildman–Crippen LogP) is 5.79. The molecule has 4 saturated carbocycles. The Morgan fingerprint density at radius 1 is 0.878 bits per heavy atom. The van der Waals surface area contributed by atoms with Gasteiger partial charge in [-0.1, -0.05) is 19.3 Å². The molecular weight excluding hydrogens is 508 g/mol. The zero-order valence-corrected chi connectivity index (χ0v) is 25.7. The molecule has 0 radical (unpaired) electrons. The van der Waals surface area contributed by atoms with Crippen molar-refractivity contribution in [2.45, 2.75) is 135 Å². The fourth-order valence-electron chi connectivity index (χ4n) is 9.51. The molecule has 1 aliphatic heterocycles. The first-order chi connectivity index (χ1) is 19.9. The minimum atomic E-state index is 0.440. The zero-order valence-electron chi connectivity index (χ0n) is 25.7. The SMILES string of the molecule is Cc1nc(N2CCc3c(c(C)nn3CC34CCCC(C3)C(N(C3CCC3)C3CCC3)CC4)C2)c2c(n1)c(C)nn2C. The number of anilines is 1. The highest BCUT2D eigenvalue weighted by Crippen LogP contribution is 2.53. The second kappa shape index (κ2) is 9.78. The zero-order chi connectivity index (χ0) is 27.9. The number of hydrogen-bond donors (Lipinski definition) is 0. The Labute approximate surface area is 244 Å². The molecule has 3 aromatic heterocycles. The van der Waals surface area contributed by atoms with Gasteiger partial charge in [-0.25, -0.2) is 9.97 Å². The lowest BCUT2D eigenvalue weighted by atomic mass is 9.59. The Morgan fingerprint density at radius 2 is 1.66 bits per heavy atom. The maximum Gasteiger partial charge on any atom is 0.158 e. The number of rotatable bonds is 6. The molecule has 41 heavy (non-hydrogen) atoms. The van der Waals surface area contributed by atoms with Crippen molar-refractivity contribution in [2.24, 2.45) is 18.4 Å². The Bertz CT molecular complexity index is 1450. The van der Waals surface area contributed by atoms with Gasteiger partial charge in [0, 0.05) is 62.5 Å². The Hall–Kier alpha value is -2.48. The molecule has 0 spiro atoms. The van der Waals surface area contributed by atoms with Crippen LogP contribution in [0, 0.1) is 32.1 Å².